The molecule has 9 nitrogen and oxygen atoms in total. The number of fused-ring (bicyclic) bond motifs is 1. The van der Waals surface area contributed by atoms with Gasteiger partial charge < -0.3 is 20.7 Å². The van der Waals surface area contributed by atoms with E-state index in [-0.39, 0.29) is 11.9 Å². The van der Waals surface area contributed by atoms with Crippen LogP contribution in [0.1, 0.15) is 38.1 Å². The van der Waals surface area contributed by atoms with E-state index in [9.17, 15) is 4.79 Å². The van der Waals surface area contributed by atoms with Crippen molar-refractivity contribution in [1.29, 1.82) is 0 Å². The van der Waals surface area contributed by atoms with E-state index in [1.54, 1.807) is 6.08 Å². The van der Waals surface area contributed by atoms with Gasteiger partial charge in [-0.15, -0.1) is 0 Å². The number of nitrogen functional groups attached to an aromatic ring is 1. The SMILES string of the molecule is Nc1ncnc2c1c(-c1ccc(Oc3ccccc3)cc1)nn2C1CCCN(C(=O)/C=C/CNC2CCC2)C1. The third-order valence-corrected chi connectivity index (χ3v) is 7.57. The number of anilines is 1. The Morgan fingerprint density at radius 2 is 1.82 bits per heavy atom. The van der Waals surface area contributed by atoms with E-state index in [1.807, 2.05) is 70.3 Å². The van der Waals surface area contributed by atoms with E-state index in [0.717, 1.165) is 54.1 Å². The largest absolute Gasteiger partial charge is 0.457 e. The van der Waals surface area contributed by atoms with Crippen LogP contribution in [0.5, 0.6) is 11.5 Å². The van der Waals surface area contributed by atoms with Gasteiger partial charge in [0.15, 0.2) is 5.65 Å². The normalized spacial score (nSPS) is 17.9. The molecule has 1 aliphatic heterocycles. The van der Waals surface area contributed by atoms with Gasteiger partial charge in [-0.3, -0.25) is 4.79 Å². The molecule has 1 aliphatic carbocycles. The summed E-state index contributed by atoms with van der Waals surface area (Å²) < 4.78 is 7.88. The Kier molecular flexibility index (Phi) is 7.23. The van der Waals surface area contributed by atoms with Crippen molar-refractivity contribution < 1.29 is 9.53 Å². The molecule has 1 unspecified atom stereocenters. The van der Waals surface area contributed by atoms with Crippen LogP contribution in [0.15, 0.2) is 73.1 Å². The Hall–Kier alpha value is -4.24. The minimum Gasteiger partial charge on any atom is -0.457 e. The topological polar surface area (TPSA) is 111 Å². The van der Waals surface area contributed by atoms with Crippen LogP contribution in [-0.4, -0.2) is 56.2 Å². The molecule has 2 aromatic heterocycles. The Morgan fingerprint density at radius 3 is 2.59 bits per heavy atom. The second-order valence-electron chi connectivity index (χ2n) is 10.2. The van der Waals surface area contributed by atoms with Crippen molar-refractivity contribution in [1.82, 2.24) is 30.0 Å². The van der Waals surface area contributed by atoms with Gasteiger partial charge in [0.2, 0.25) is 5.91 Å². The number of carbonyl (C=O) groups excluding carboxylic acids is 1. The Morgan fingerprint density at radius 1 is 1.03 bits per heavy atom. The van der Waals surface area contributed by atoms with Crippen molar-refractivity contribution in [3.8, 4) is 22.8 Å². The molecule has 1 amide bonds. The van der Waals surface area contributed by atoms with E-state index < -0.39 is 0 Å². The molecule has 2 fully saturated rings. The monoisotopic (exact) mass is 523 g/mol. The zero-order chi connectivity index (χ0) is 26.6. The number of benzene rings is 2. The number of carbonyl (C=O) groups is 1. The molecule has 39 heavy (non-hydrogen) atoms. The van der Waals surface area contributed by atoms with Crippen molar-refractivity contribution in [2.45, 2.75) is 44.2 Å². The fourth-order valence-electron chi connectivity index (χ4n) is 5.22. The van der Waals surface area contributed by atoms with Gasteiger partial charge in [-0.1, -0.05) is 30.7 Å². The molecular formula is C30H33N7O2. The number of hydrogen-bond donors (Lipinski definition) is 2. The lowest BCUT2D eigenvalue weighted by Crippen LogP contribution is -2.40. The molecular weight excluding hydrogens is 490 g/mol. The van der Waals surface area contributed by atoms with Gasteiger partial charge in [-0.25, -0.2) is 14.6 Å². The van der Waals surface area contributed by atoms with Crippen molar-refractivity contribution in [2.75, 3.05) is 25.4 Å². The maximum absolute atomic E-state index is 12.9. The smallest absolute Gasteiger partial charge is 0.246 e. The number of likely N-dealkylation sites (tertiary alicyclic amines) is 1. The summed E-state index contributed by atoms with van der Waals surface area (Å²) in [5, 5.41) is 9.18. The van der Waals surface area contributed by atoms with E-state index in [2.05, 4.69) is 15.3 Å². The predicted molar refractivity (Wildman–Crippen MR) is 151 cm³/mol. The Labute approximate surface area is 227 Å². The Bertz CT molecular complexity index is 1460. The molecule has 0 radical (unpaired) electrons. The fourth-order valence-corrected chi connectivity index (χ4v) is 5.22. The number of rotatable bonds is 8. The van der Waals surface area contributed by atoms with Crippen LogP contribution >= 0.6 is 0 Å². The number of para-hydroxylation sites is 1. The van der Waals surface area contributed by atoms with Crippen molar-refractivity contribution in [3.05, 3.63) is 73.1 Å². The van der Waals surface area contributed by atoms with Crippen LogP contribution in [0.2, 0.25) is 0 Å². The number of hydrogen-bond acceptors (Lipinski definition) is 7. The standard InChI is InChI=1S/C30H33N7O2/c31-29-27-28(21-13-15-25(16-14-21)39-24-10-2-1-3-11-24)35-37(30(27)34-20-33-29)23-9-6-18-36(19-23)26(38)12-5-17-32-22-7-4-8-22/h1-3,5,10-16,20,22-23,32H,4,6-9,17-19H2,(H2,31,33,34)/b12-5+. The van der Waals surface area contributed by atoms with Gasteiger partial charge in [0, 0.05) is 37.3 Å². The molecule has 4 aromatic rings. The summed E-state index contributed by atoms with van der Waals surface area (Å²) in [5.74, 6) is 1.93. The lowest BCUT2D eigenvalue weighted by atomic mass is 9.93. The highest BCUT2D eigenvalue weighted by Crippen LogP contribution is 2.35. The maximum atomic E-state index is 12.9. The van der Waals surface area contributed by atoms with Crippen LogP contribution in [-0.2, 0) is 4.79 Å². The fraction of sp³-hybridized carbons (Fsp3) is 0.333. The van der Waals surface area contributed by atoms with Crippen LogP contribution < -0.4 is 15.8 Å². The number of nitrogens with two attached hydrogens (primary N) is 1. The van der Waals surface area contributed by atoms with Gasteiger partial charge in [-0.05, 0) is 62.1 Å². The van der Waals surface area contributed by atoms with E-state index >= 15 is 0 Å². The number of aromatic nitrogens is 4. The van der Waals surface area contributed by atoms with Crippen molar-refractivity contribution in [2.24, 2.45) is 0 Å². The third kappa shape index (κ3) is 5.49. The summed E-state index contributed by atoms with van der Waals surface area (Å²) in [6.45, 7) is 2.04. The first kappa shape index (κ1) is 25.1. The van der Waals surface area contributed by atoms with Crippen LogP contribution in [0.3, 0.4) is 0 Å². The highest BCUT2D eigenvalue weighted by Gasteiger charge is 2.28. The number of piperidine rings is 1. The minimum atomic E-state index is -0.00422. The molecule has 1 saturated heterocycles. The van der Waals surface area contributed by atoms with E-state index in [4.69, 9.17) is 15.6 Å². The number of amides is 1. The highest BCUT2D eigenvalue weighted by molar-refractivity contribution is 5.98. The zero-order valence-corrected chi connectivity index (χ0v) is 21.9. The molecule has 9 heteroatoms. The molecule has 6 rings (SSSR count). The first-order valence-corrected chi connectivity index (χ1v) is 13.7. The summed E-state index contributed by atoms with van der Waals surface area (Å²) in [6, 6.07) is 18.0. The van der Waals surface area contributed by atoms with Gasteiger partial charge in [0.05, 0.1) is 11.4 Å². The Balaban J connectivity index is 1.21. The minimum absolute atomic E-state index is 0.00422. The molecule has 1 atom stereocenters. The number of ether oxygens (including phenoxy) is 1. The molecule has 0 spiro atoms. The zero-order valence-electron chi connectivity index (χ0n) is 21.9. The summed E-state index contributed by atoms with van der Waals surface area (Å²) in [5.41, 5.74) is 8.64. The quantitative estimate of drug-likeness (QED) is 0.321. The molecule has 3 heterocycles. The summed E-state index contributed by atoms with van der Waals surface area (Å²) in [7, 11) is 0. The highest BCUT2D eigenvalue weighted by atomic mass is 16.5. The maximum Gasteiger partial charge on any atom is 0.246 e. The summed E-state index contributed by atoms with van der Waals surface area (Å²) in [4.78, 5) is 23.6. The lowest BCUT2D eigenvalue weighted by molar-refractivity contribution is -0.127. The second kappa shape index (κ2) is 11.2. The number of nitrogens with one attached hydrogen (secondary N) is 1. The van der Waals surface area contributed by atoms with E-state index in [0.29, 0.717) is 24.1 Å². The molecule has 1 saturated carbocycles. The van der Waals surface area contributed by atoms with Crippen molar-refractivity contribution in [3.63, 3.8) is 0 Å². The lowest BCUT2D eigenvalue weighted by Gasteiger charge is -2.32. The van der Waals surface area contributed by atoms with Crippen LogP contribution in [0.4, 0.5) is 5.82 Å². The molecule has 2 aromatic carbocycles. The third-order valence-electron chi connectivity index (χ3n) is 7.57. The van der Waals surface area contributed by atoms with E-state index in [1.165, 1.54) is 25.6 Å². The second-order valence-corrected chi connectivity index (χ2v) is 10.2. The average Bonchev–Trinajstić information content (AvgIpc) is 3.34. The molecule has 2 aliphatic rings. The molecule has 0 bridgehead atoms. The van der Waals surface area contributed by atoms with Gasteiger partial charge in [-0.2, -0.15) is 5.10 Å². The van der Waals surface area contributed by atoms with Crippen molar-refractivity contribution >= 4 is 22.8 Å². The number of nitrogens with zero attached hydrogens (tertiary/aromatic N) is 5. The molecule has 200 valence electrons. The first-order chi connectivity index (χ1) is 19.2. The first-order valence-electron chi connectivity index (χ1n) is 13.7. The summed E-state index contributed by atoms with van der Waals surface area (Å²) >= 11 is 0. The summed E-state index contributed by atoms with van der Waals surface area (Å²) in [6.07, 6.45) is 10.7. The predicted octanol–water partition coefficient (Wildman–Crippen LogP) is 4.73. The van der Waals surface area contributed by atoms with Crippen LogP contribution in [0, 0.1) is 0 Å². The van der Waals surface area contributed by atoms with Gasteiger partial charge in [0.25, 0.3) is 0 Å². The average molecular weight is 524 g/mol. The molecule has 3 N–H and O–H groups in total. The van der Waals surface area contributed by atoms with Crippen LogP contribution in [0.25, 0.3) is 22.3 Å². The van der Waals surface area contributed by atoms with Gasteiger partial charge in [0.1, 0.15) is 29.3 Å². The van der Waals surface area contributed by atoms with Gasteiger partial charge >= 0.3 is 0 Å².